The number of para-hydroxylation sites is 1. The predicted molar refractivity (Wildman–Crippen MR) is 118 cm³/mol. The molecule has 2 aromatic heterocycles. The number of nitrogens with one attached hydrogen (secondary N) is 2. The van der Waals surface area contributed by atoms with Gasteiger partial charge in [0.15, 0.2) is 5.65 Å². The quantitative estimate of drug-likeness (QED) is 0.682. The van der Waals surface area contributed by atoms with Crippen molar-refractivity contribution in [1.29, 1.82) is 0 Å². The van der Waals surface area contributed by atoms with E-state index in [1.807, 2.05) is 47.4 Å². The highest BCUT2D eigenvalue weighted by Crippen LogP contribution is 2.29. The van der Waals surface area contributed by atoms with Gasteiger partial charge in [-0.1, -0.05) is 18.2 Å². The molecule has 5 rings (SSSR count). The SMILES string of the molecule is O=C(C1CCCN1C(=O)Nc1ccccc1)N1CCCC(c2nc3ncccc3[nH]2)C1. The van der Waals surface area contributed by atoms with Gasteiger partial charge < -0.3 is 20.1 Å². The summed E-state index contributed by atoms with van der Waals surface area (Å²) in [5.74, 6) is 1.08. The van der Waals surface area contributed by atoms with Gasteiger partial charge in [-0.2, -0.15) is 0 Å². The number of hydrogen-bond acceptors (Lipinski definition) is 4. The number of fused-ring (bicyclic) bond motifs is 1. The summed E-state index contributed by atoms with van der Waals surface area (Å²) in [6.45, 7) is 1.93. The molecule has 3 amide bonds. The van der Waals surface area contributed by atoms with Crippen LogP contribution in [-0.4, -0.2) is 62.4 Å². The first kappa shape index (κ1) is 19.5. The molecular weight excluding hydrogens is 392 g/mol. The maximum absolute atomic E-state index is 13.4. The van der Waals surface area contributed by atoms with E-state index in [4.69, 9.17) is 0 Å². The summed E-state index contributed by atoms with van der Waals surface area (Å²) in [6.07, 6.45) is 5.18. The van der Waals surface area contributed by atoms with Gasteiger partial charge in [0, 0.05) is 37.4 Å². The summed E-state index contributed by atoms with van der Waals surface area (Å²) in [6, 6.07) is 12.6. The molecule has 0 saturated carbocycles. The first-order valence-corrected chi connectivity index (χ1v) is 10.9. The molecule has 1 aromatic carbocycles. The zero-order valence-electron chi connectivity index (χ0n) is 17.3. The number of aromatic amines is 1. The third kappa shape index (κ3) is 3.97. The van der Waals surface area contributed by atoms with E-state index in [1.54, 1.807) is 11.1 Å². The number of anilines is 1. The number of piperidine rings is 1. The number of hydrogen-bond donors (Lipinski definition) is 2. The number of aromatic nitrogens is 3. The third-order valence-corrected chi connectivity index (χ3v) is 6.22. The molecule has 4 heterocycles. The maximum Gasteiger partial charge on any atom is 0.322 e. The standard InChI is InChI=1S/C23H26N6O2/c30-22(19-11-6-14-29(19)23(31)25-17-8-2-1-3-9-17)28-13-5-7-16(15-28)20-26-18-10-4-12-24-21(18)27-20/h1-4,8-10,12,16,19H,5-7,11,13-15H2,(H,25,31)(H,24,26,27). The lowest BCUT2D eigenvalue weighted by Crippen LogP contribution is -2.51. The largest absolute Gasteiger partial charge is 0.340 e. The van der Waals surface area contributed by atoms with Crippen molar-refractivity contribution in [2.45, 2.75) is 37.6 Å². The Hall–Kier alpha value is -3.42. The molecule has 0 aliphatic carbocycles. The number of rotatable bonds is 3. The molecule has 2 fully saturated rings. The Labute approximate surface area is 180 Å². The van der Waals surface area contributed by atoms with Crippen LogP contribution in [0.15, 0.2) is 48.7 Å². The first-order valence-electron chi connectivity index (χ1n) is 10.9. The number of amides is 3. The fourth-order valence-electron chi connectivity index (χ4n) is 4.65. The lowest BCUT2D eigenvalue weighted by molar-refractivity contribution is -0.136. The third-order valence-electron chi connectivity index (χ3n) is 6.22. The van der Waals surface area contributed by atoms with Gasteiger partial charge in [-0.25, -0.2) is 14.8 Å². The molecule has 8 heteroatoms. The summed E-state index contributed by atoms with van der Waals surface area (Å²) in [5, 5.41) is 2.92. The molecule has 2 saturated heterocycles. The van der Waals surface area contributed by atoms with Crippen LogP contribution in [0, 0.1) is 0 Å². The van der Waals surface area contributed by atoms with Crippen LogP contribution in [-0.2, 0) is 4.79 Å². The van der Waals surface area contributed by atoms with E-state index in [-0.39, 0.29) is 17.9 Å². The molecule has 0 bridgehead atoms. The molecular formula is C23H26N6O2. The second kappa shape index (κ2) is 8.37. The van der Waals surface area contributed by atoms with Gasteiger partial charge in [-0.15, -0.1) is 0 Å². The van der Waals surface area contributed by atoms with Gasteiger partial charge in [0.2, 0.25) is 5.91 Å². The first-order chi connectivity index (χ1) is 15.2. The van der Waals surface area contributed by atoms with Crippen molar-refractivity contribution in [3.05, 3.63) is 54.5 Å². The normalized spacial score (nSPS) is 21.4. The highest BCUT2D eigenvalue weighted by atomic mass is 16.2. The molecule has 8 nitrogen and oxygen atoms in total. The van der Waals surface area contributed by atoms with Crippen molar-refractivity contribution in [2.24, 2.45) is 0 Å². The summed E-state index contributed by atoms with van der Waals surface area (Å²) in [4.78, 5) is 42.1. The van der Waals surface area contributed by atoms with Crippen LogP contribution in [0.1, 0.15) is 37.4 Å². The Balaban J connectivity index is 1.27. The monoisotopic (exact) mass is 418 g/mol. The van der Waals surface area contributed by atoms with Crippen molar-refractivity contribution >= 4 is 28.8 Å². The van der Waals surface area contributed by atoms with Crippen LogP contribution in [0.2, 0.25) is 0 Å². The average Bonchev–Trinajstić information content (AvgIpc) is 3.47. The molecule has 3 aromatic rings. The molecule has 2 aliphatic rings. The molecule has 31 heavy (non-hydrogen) atoms. The molecule has 2 N–H and O–H groups in total. The Kier molecular flexibility index (Phi) is 5.28. The number of H-pyrrole nitrogens is 1. The van der Waals surface area contributed by atoms with Gasteiger partial charge in [0.05, 0.1) is 5.52 Å². The van der Waals surface area contributed by atoms with Crippen LogP contribution < -0.4 is 5.32 Å². The number of carbonyl (C=O) groups is 2. The van der Waals surface area contributed by atoms with Crippen molar-refractivity contribution < 1.29 is 9.59 Å². The number of urea groups is 1. The van der Waals surface area contributed by atoms with Crippen molar-refractivity contribution in [1.82, 2.24) is 24.8 Å². The van der Waals surface area contributed by atoms with E-state index in [0.29, 0.717) is 25.2 Å². The second-order valence-corrected chi connectivity index (χ2v) is 8.27. The zero-order valence-corrected chi connectivity index (χ0v) is 17.3. The van der Waals surface area contributed by atoms with Gasteiger partial charge in [0.1, 0.15) is 11.9 Å². The van der Waals surface area contributed by atoms with Crippen molar-refractivity contribution in [3.8, 4) is 0 Å². The molecule has 0 spiro atoms. The minimum absolute atomic E-state index is 0.0413. The second-order valence-electron chi connectivity index (χ2n) is 8.27. The number of likely N-dealkylation sites (tertiary alicyclic amines) is 2. The van der Waals surface area contributed by atoms with E-state index < -0.39 is 6.04 Å². The summed E-state index contributed by atoms with van der Waals surface area (Å²) >= 11 is 0. The van der Waals surface area contributed by atoms with Gasteiger partial charge >= 0.3 is 6.03 Å². The van der Waals surface area contributed by atoms with Gasteiger partial charge in [0.25, 0.3) is 0 Å². The summed E-state index contributed by atoms with van der Waals surface area (Å²) < 4.78 is 0. The van der Waals surface area contributed by atoms with Crippen LogP contribution >= 0.6 is 0 Å². The van der Waals surface area contributed by atoms with Crippen LogP contribution in [0.5, 0.6) is 0 Å². The Morgan fingerprint density at radius 1 is 1.03 bits per heavy atom. The minimum Gasteiger partial charge on any atom is -0.340 e. The molecule has 160 valence electrons. The number of pyridine rings is 1. The number of imidazole rings is 1. The Morgan fingerprint density at radius 2 is 1.87 bits per heavy atom. The number of carbonyl (C=O) groups excluding carboxylic acids is 2. The molecule has 0 radical (unpaired) electrons. The van der Waals surface area contributed by atoms with E-state index in [2.05, 4.69) is 20.3 Å². The predicted octanol–water partition coefficient (Wildman–Crippen LogP) is 3.36. The van der Waals surface area contributed by atoms with Crippen molar-refractivity contribution in [3.63, 3.8) is 0 Å². The fraction of sp³-hybridized carbons (Fsp3) is 0.391. The lowest BCUT2D eigenvalue weighted by Gasteiger charge is -2.35. The van der Waals surface area contributed by atoms with E-state index in [1.165, 1.54) is 0 Å². The highest BCUT2D eigenvalue weighted by Gasteiger charge is 2.38. The molecule has 2 unspecified atom stereocenters. The molecule has 2 aliphatic heterocycles. The topological polar surface area (TPSA) is 94.2 Å². The highest BCUT2D eigenvalue weighted by molar-refractivity contribution is 5.94. The average molecular weight is 419 g/mol. The van der Waals surface area contributed by atoms with Crippen LogP contribution in [0.4, 0.5) is 10.5 Å². The van der Waals surface area contributed by atoms with Gasteiger partial charge in [-0.3, -0.25) is 4.79 Å². The van der Waals surface area contributed by atoms with Crippen molar-refractivity contribution in [2.75, 3.05) is 25.0 Å². The Bertz CT molecular complexity index is 1050. The number of benzene rings is 1. The summed E-state index contributed by atoms with van der Waals surface area (Å²) in [5.41, 5.74) is 2.36. The fourth-order valence-corrected chi connectivity index (χ4v) is 4.65. The summed E-state index contributed by atoms with van der Waals surface area (Å²) in [7, 11) is 0. The van der Waals surface area contributed by atoms with Gasteiger partial charge in [-0.05, 0) is 49.9 Å². The number of nitrogens with zero attached hydrogens (tertiary/aromatic N) is 4. The molecule has 2 atom stereocenters. The maximum atomic E-state index is 13.4. The van der Waals surface area contributed by atoms with E-state index in [0.717, 1.165) is 42.8 Å². The van der Waals surface area contributed by atoms with Crippen LogP contribution in [0.25, 0.3) is 11.2 Å². The smallest absolute Gasteiger partial charge is 0.322 e. The minimum atomic E-state index is -0.403. The van der Waals surface area contributed by atoms with E-state index in [9.17, 15) is 9.59 Å². The zero-order chi connectivity index (χ0) is 21.2. The van der Waals surface area contributed by atoms with E-state index >= 15 is 0 Å². The lowest BCUT2D eigenvalue weighted by atomic mass is 9.96. The Morgan fingerprint density at radius 3 is 2.71 bits per heavy atom. The van der Waals surface area contributed by atoms with Crippen LogP contribution in [0.3, 0.4) is 0 Å².